The molecule has 1 fully saturated rings. The number of nitrogens with one attached hydrogen (secondary N) is 1. The van der Waals surface area contributed by atoms with Crippen LogP contribution in [0.25, 0.3) is 0 Å². The lowest BCUT2D eigenvalue weighted by Crippen LogP contribution is -2.39. The van der Waals surface area contributed by atoms with E-state index < -0.39 is 6.04 Å². The Bertz CT molecular complexity index is 1250. The van der Waals surface area contributed by atoms with Gasteiger partial charge in [0.05, 0.1) is 26.3 Å². The first-order valence-electron chi connectivity index (χ1n) is 11.4. The first kappa shape index (κ1) is 25.1. The smallest absolute Gasteiger partial charge is 0.256 e. The van der Waals surface area contributed by atoms with Gasteiger partial charge in [0.1, 0.15) is 23.4 Å². The highest BCUT2D eigenvalue weighted by atomic mass is 32.1. The van der Waals surface area contributed by atoms with Gasteiger partial charge in [-0.25, -0.2) is 4.39 Å². The zero-order valence-electron chi connectivity index (χ0n) is 19.9. The number of carbonyl (C=O) groups excluding carboxylic acids is 2. The van der Waals surface area contributed by atoms with Crippen LogP contribution in [0.5, 0.6) is 11.5 Å². The minimum absolute atomic E-state index is 0.0910. The minimum Gasteiger partial charge on any atom is -0.497 e. The number of rotatable bonds is 9. The fraction of sp³-hybridized carbons (Fsp3) is 0.222. The summed E-state index contributed by atoms with van der Waals surface area (Å²) in [6.45, 7) is 0.389. The summed E-state index contributed by atoms with van der Waals surface area (Å²) in [6, 6.07) is 19.4. The van der Waals surface area contributed by atoms with Crippen LogP contribution >= 0.6 is 12.2 Å². The number of ether oxygens (including phenoxy) is 2. The molecule has 7 nitrogen and oxygen atoms in total. The summed E-state index contributed by atoms with van der Waals surface area (Å²) in [5.41, 5.74) is 2.06. The second kappa shape index (κ2) is 11.2. The van der Waals surface area contributed by atoms with Gasteiger partial charge in [-0.3, -0.25) is 14.5 Å². The molecule has 186 valence electrons. The molecule has 1 unspecified atom stereocenters. The highest BCUT2D eigenvalue weighted by Gasteiger charge is 2.43. The van der Waals surface area contributed by atoms with Crippen molar-refractivity contribution in [3.05, 3.63) is 84.2 Å². The Morgan fingerprint density at radius 3 is 2.36 bits per heavy atom. The number of hydrogen-bond donors (Lipinski definition) is 1. The van der Waals surface area contributed by atoms with E-state index in [1.165, 1.54) is 17.0 Å². The van der Waals surface area contributed by atoms with Crippen LogP contribution in [0.3, 0.4) is 0 Å². The first-order valence-corrected chi connectivity index (χ1v) is 11.8. The number of hydrogen-bond acceptors (Lipinski definition) is 5. The third-order valence-electron chi connectivity index (χ3n) is 5.94. The second-order valence-electron chi connectivity index (χ2n) is 8.22. The molecule has 1 heterocycles. The lowest BCUT2D eigenvalue weighted by molar-refractivity contribution is -0.124. The Morgan fingerprint density at radius 1 is 1.00 bits per heavy atom. The molecule has 1 aliphatic rings. The molecule has 36 heavy (non-hydrogen) atoms. The van der Waals surface area contributed by atoms with E-state index in [9.17, 15) is 14.0 Å². The maximum Gasteiger partial charge on any atom is 0.256 e. The van der Waals surface area contributed by atoms with Crippen molar-refractivity contribution in [3.63, 3.8) is 0 Å². The standard InChI is InChI=1S/C27H26FN3O4S/c1-34-22-12-10-21(11-13-22)31-26(33)24(17-25(32)29-20-4-3-5-23(16-20)35-2)30(27(31)36)15-14-18-6-8-19(28)9-7-18/h3-13,16,24H,14-15,17H2,1-2H3,(H,29,32). The van der Waals surface area contributed by atoms with Crippen molar-refractivity contribution in [3.8, 4) is 11.5 Å². The van der Waals surface area contributed by atoms with Crippen LogP contribution < -0.4 is 19.7 Å². The van der Waals surface area contributed by atoms with E-state index >= 15 is 0 Å². The lowest BCUT2D eigenvalue weighted by atomic mass is 10.1. The predicted octanol–water partition coefficient (Wildman–Crippen LogP) is 4.42. The quantitative estimate of drug-likeness (QED) is 0.433. The maximum absolute atomic E-state index is 13.5. The van der Waals surface area contributed by atoms with Crippen molar-refractivity contribution in [2.24, 2.45) is 0 Å². The molecular weight excluding hydrogens is 481 g/mol. The SMILES string of the molecule is COc1ccc(N2C(=O)C(CC(=O)Nc3cccc(OC)c3)N(CCc3ccc(F)cc3)C2=S)cc1. The van der Waals surface area contributed by atoms with E-state index in [1.54, 1.807) is 79.8 Å². The molecule has 0 saturated carbocycles. The molecule has 1 N–H and O–H groups in total. The predicted molar refractivity (Wildman–Crippen MR) is 140 cm³/mol. The zero-order valence-corrected chi connectivity index (χ0v) is 20.8. The average molecular weight is 508 g/mol. The molecule has 0 spiro atoms. The summed E-state index contributed by atoms with van der Waals surface area (Å²) in [6.07, 6.45) is 0.435. The topological polar surface area (TPSA) is 71.1 Å². The largest absolute Gasteiger partial charge is 0.497 e. The van der Waals surface area contributed by atoms with E-state index in [-0.39, 0.29) is 24.1 Å². The Labute approximate surface area is 214 Å². The van der Waals surface area contributed by atoms with Crippen molar-refractivity contribution in [1.82, 2.24) is 4.90 Å². The molecule has 3 aromatic rings. The normalized spacial score (nSPS) is 15.2. The zero-order chi connectivity index (χ0) is 25.7. The van der Waals surface area contributed by atoms with E-state index in [1.807, 2.05) is 0 Å². The molecule has 1 saturated heterocycles. The van der Waals surface area contributed by atoms with Gasteiger partial charge in [-0.15, -0.1) is 0 Å². The summed E-state index contributed by atoms with van der Waals surface area (Å²) in [7, 11) is 3.11. The van der Waals surface area contributed by atoms with Gasteiger partial charge in [0.2, 0.25) is 5.91 Å². The molecule has 0 aliphatic carbocycles. The molecule has 1 aliphatic heterocycles. The summed E-state index contributed by atoms with van der Waals surface area (Å²) in [4.78, 5) is 29.7. The molecule has 0 bridgehead atoms. The number of benzene rings is 3. The van der Waals surface area contributed by atoms with E-state index in [4.69, 9.17) is 21.7 Å². The first-order chi connectivity index (χ1) is 17.4. The van der Waals surface area contributed by atoms with Crippen LogP contribution in [0.1, 0.15) is 12.0 Å². The van der Waals surface area contributed by atoms with Crippen LogP contribution in [0, 0.1) is 5.82 Å². The summed E-state index contributed by atoms with van der Waals surface area (Å²) >= 11 is 5.70. The molecule has 2 amide bonds. The van der Waals surface area contributed by atoms with Crippen LogP contribution in [-0.2, 0) is 16.0 Å². The van der Waals surface area contributed by atoms with Gasteiger partial charge >= 0.3 is 0 Å². The molecule has 0 radical (unpaired) electrons. The van der Waals surface area contributed by atoms with E-state index in [0.29, 0.717) is 41.0 Å². The number of nitrogens with zero attached hydrogens (tertiary/aromatic N) is 2. The van der Waals surface area contributed by atoms with Gasteiger partial charge in [-0.05, 0) is 72.7 Å². The summed E-state index contributed by atoms with van der Waals surface area (Å²) < 4.78 is 23.7. The number of amides is 2. The summed E-state index contributed by atoms with van der Waals surface area (Å²) in [5, 5.41) is 3.14. The van der Waals surface area contributed by atoms with Gasteiger partial charge in [0.25, 0.3) is 5.91 Å². The highest BCUT2D eigenvalue weighted by molar-refractivity contribution is 7.80. The number of carbonyl (C=O) groups is 2. The average Bonchev–Trinajstić information content (AvgIpc) is 3.12. The number of thiocarbonyl (C=S) groups is 1. The van der Waals surface area contributed by atoms with Gasteiger partial charge in [0, 0.05) is 18.3 Å². The minimum atomic E-state index is -0.786. The third-order valence-corrected chi connectivity index (χ3v) is 6.35. The van der Waals surface area contributed by atoms with Crippen molar-refractivity contribution >= 4 is 40.5 Å². The number of anilines is 2. The van der Waals surface area contributed by atoms with Crippen LogP contribution in [0.4, 0.5) is 15.8 Å². The van der Waals surface area contributed by atoms with Gasteiger partial charge in [0.15, 0.2) is 5.11 Å². The van der Waals surface area contributed by atoms with Crippen LogP contribution in [-0.4, -0.2) is 48.6 Å². The third kappa shape index (κ3) is 5.63. The molecule has 4 rings (SSSR count). The molecule has 9 heteroatoms. The van der Waals surface area contributed by atoms with Crippen molar-refractivity contribution in [2.45, 2.75) is 18.9 Å². The Morgan fingerprint density at radius 2 is 1.69 bits per heavy atom. The Hall–Kier alpha value is -3.98. The number of methoxy groups -OCH3 is 2. The van der Waals surface area contributed by atoms with Gasteiger partial charge in [-0.1, -0.05) is 18.2 Å². The maximum atomic E-state index is 13.5. The molecule has 3 aromatic carbocycles. The van der Waals surface area contributed by atoms with Crippen LogP contribution in [0.15, 0.2) is 72.8 Å². The van der Waals surface area contributed by atoms with E-state index in [2.05, 4.69) is 5.32 Å². The van der Waals surface area contributed by atoms with Gasteiger partial charge < -0.3 is 19.7 Å². The van der Waals surface area contributed by atoms with Crippen molar-refractivity contribution in [2.75, 3.05) is 31.0 Å². The number of halogens is 1. The summed E-state index contributed by atoms with van der Waals surface area (Å²) in [5.74, 6) is 0.331. The second-order valence-corrected chi connectivity index (χ2v) is 8.59. The lowest BCUT2D eigenvalue weighted by Gasteiger charge is -2.24. The molecule has 1 atom stereocenters. The van der Waals surface area contributed by atoms with Crippen molar-refractivity contribution < 1.29 is 23.5 Å². The monoisotopic (exact) mass is 507 g/mol. The van der Waals surface area contributed by atoms with Crippen LogP contribution in [0.2, 0.25) is 0 Å². The van der Waals surface area contributed by atoms with Crippen molar-refractivity contribution in [1.29, 1.82) is 0 Å². The van der Waals surface area contributed by atoms with Gasteiger partial charge in [-0.2, -0.15) is 0 Å². The Kier molecular flexibility index (Phi) is 7.80. The fourth-order valence-electron chi connectivity index (χ4n) is 4.05. The van der Waals surface area contributed by atoms with E-state index in [0.717, 1.165) is 5.56 Å². The fourth-order valence-corrected chi connectivity index (χ4v) is 4.46. The molecule has 0 aromatic heterocycles. The highest BCUT2D eigenvalue weighted by Crippen LogP contribution is 2.29. The Balaban J connectivity index is 1.55. The molecular formula is C27H26FN3O4S.